The lowest BCUT2D eigenvalue weighted by atomic mass is 10.1. The third-order valence-corrected chi connectivity index (χ3v) is 6.93. The lowest BCUT2D eigenvalue weighted by Crippen LogP contribution is -2.33. The maximum atomic E-state index is 12.8. The molecule has 166 valence electrons. The number of likely N-dealkylation sites (tertiary alicyclic amines) is 1. The number of hydrogen-bond acceptors (Lipinski definition) is 5. The lowest BCUT2D eigenvalue weighted by Gasteiger charge is -2.24. The number of amidine groups is 1. The summed E-state index contributed by atoms with van der Waals surface area (Å²) >= 11 is 7.23. The maximum Gasteiger partial charge on any atom is 0.265 e. The highest BCUT2D eigenvalue weighted by molar-refractivity contribution is 8.04. The van der Waals surface area contributed by atoms with Gasteiger partial charge < -0.3 is 15.5 Å². The van der Waals surface area contributed by atoms with Crippen molar-refractivity contribution in [2.75, 3.05) is 17.6 Å². The number of nitrogens with zero attached hydrogens (tertiary/aromatic N) is 2. The molecule has 3 heterocycles. The summed E-state index contributed by atoms with van der Waals surface area (Å²) in [5.41, 5.74) is 1.88. The Morgan fingerprint density at radius 1 is 1.12 bits per heavy atom. The fourth-order valence-corrected chi connectivity index (χ4v) is 4.95. The first kappa shape index (κ1) is 22.4. The molecule has 0 aliphatic carbocycles. The predicted octanol–water partition coefficient (Wildman–Crippen LogP) is 4.26. The van der Waals surface area contributed by atoms with Crippen molar-refractivity contribution in [3.63, 3.8) is 0 Å². The molecule has 0 bridgehead atoms. The largest absolute Gasteiger partial charge is 0.354 e. The van der Waals surface area contributed by atoms with Crippen LogP contribution in [0.4, 0.5) is 5.82 Å². The van der Waals surface area contributed by atoms with E-state index >= 15 is 0 Å². The smallest absolute Gasteiger partial charge is 0.265 e. The van der Waals surface area contributed by atoms with Crippen LogP contribution >= 0.6 is 23.4 Å². The number of aromatic nitrogens is 1. The number of hydrogen-bond donors (Lipinski definition) is 3. The number of pyridine rings is 1. The Labute approximate surface area is 196 Å². The third-order valence-electron chi connectivity index (χ3n) is 5.57. The zero-order chi connectivity index (χ0) is 22.7. The van der Waals surface area contributed by atoms with Crippen LogP contribution in [0.2, 0.25) is 5.02 Å². The van der Waals surface area contributed by atoms with E-state index in [1.807, 2.05) is 0 Å². The molecule has 7 nitrogen and oxygen atoms in total. The first-order valence-electron chi connectivity index (χ1n) is 10.5. The number of allylic oxidation sites excluding steroid dienone is 1. The van der Waals surface area contributed by atoms with Crippen molar-refractivity contribution >= 4 is 46.8 Å². The molecule has 0 radical (unpaired) electrons. The van der Waals surface area contributed by atoms with Crippen molar-refractivity contribution in [3.05, 3.63) is 69.3 Å². The van der Waals surface area contributed by atoms with E-state index in [2.05, 4.69) is 27.4 Å². The van der Waals surface area contributed by atoms with Crippen LogP contribution < -0.4 is 10.6 Å². The van der Waals surface area contributed by atoms with Gasteiger partial charge in [-0.05, 0) is 50.5 Å². The number of thioether (sulfide) groups is 1. The van der Waals surface area contributed by atoms with Gasteiger partial charge in [-0.2, -0.15) is 0 Å². The molecule has 9 heteroatoms. The van der Waals surface area contributed by atoms with E-state index in [1.165, 1.54) is 18.0 Å². The van der Waals surface area contributed by atoms with E-state index in [0.29, 0.717) is 45.3 Å². The molecule has 3 N–H and O–H groups in total. The van der Waals surface area contributed by atoms with Crippen molar-refractivity contribution in [2.24, 2.45) is 0 Å². The van der Waals surface area contributed by atoms with Crippen LogP contribution in [-0.2, 0) is 4.79 Å². The Morgan fingerprint density at radius 3 is 2.53 bits per heavy atom. The van der Waals surface area contributed by atoms with Gasteiger partial charge in [0.25, 0.3) is 11.8 Å². The summed E-state index contributed by atoms with van der Waals surface area (Å²) in [4.78, 5) is 32.1. The highest BCUT2D eigenvalue weighted by Crippen LogP contribution is 2.31. The van der Waals surface area contributed by atoms with Gasteiger partial charge in [0, 0.05) is 41.4 Å². The SMILES string of the molecule is CC1CCCN1C(=N)c1ccc(C(=O)NC2=C(C(=O)Nc3ccc(Cl)cn3)SCC2)cc1. The summed E-state index contributed by atoms with van der Waals surface area (Å²) in [6, 6.07) is 10.7. The molecular weight excluding hydrogens is 446 g/mol. The highest BCUT2D eigenvalue weighted by Gasteiger charge is 2.25. The molecule has 4 rings (SSSR count). The maximum absolute atomic E-state index is 12.8. The van der Waals surface area contributed by atoms with Gasteiger partial charge in [-0.15, -0.1) is 11.8 Å². The zero-order valence-corrected chi connectivity index (χ0v) is 19.2. The summed E-state index contributed by atoms with van der Waals surface area (Å²) in [7, 11) is 0. The Hall–Kier alpha value is -2.84. The van der Waals surface area contributed by atoms with Gasteiger partial charge in [0.05, 0.1) is 9.93 Å². The fraction of sp³-hybridized carbons (Fsp3) is 0.304. The molecule has 32 heavy (non-hydrogen) atoms. The van der Waals surface area contributed by atoms with Gasteiger partial charge >= 0.3 is 0 Å². The topological polar surface area (TPSA) is 98.2 Å². The molecule has 1 fully saturated rings. The van der Waals surface area contributed by atoms with E-state index in [9.17, 15) is 9.59 Å². The molecular formula is C23H24ClN5O2S. The van der Waals surface area contributed by atoms with Gasteiger partial charge in [-0.25, -0.2) is 4.98 Å². The van der Waals surface area contributed by atoms with E-state index in [-0.39, 0.29) is 11.8 Å². The summed E-state index contributed by atoms with van der Waals surface area (Å²) in [6.07, 6.45) is 4.26. The number of nitrogens with one attached hydrogen (secondary N) is 3. The van der Waals surface area contributed by atoms with Gasteiger partial charge in [-0.1, -0.05) is 23.7 Å². The molecule has 1 saturated heterocycles. The van der Waals surface area contributed by atoms with Crippen LogP contribution in [0.15, 0.2) is 53.2 Å². The lowest BCUT2D eigenvalue weighted by molar-refractivity contribution is -0.112. The van der Waals surface area contributed by atoms with Gasteiger partial charge in [-0.3, -0.25) is 15.0 Å². The van der Waals surface area contributed by atoms with Crippen LogP contribution in [0.1, 0.15) is 42.1 Å². The molecule has 1 atom stereocenters. The minimum Gasteiger partial charge on any atom is -0.354 e. The number of rotatable bonds is 5. The number of anilines is 1. The fourth-order valence-electron chi connectivity index (χ4n) is 3.82. The molecule has 1 aromatic heterocycles. The number of carbonyl (C=O) groups excluding carboxylic acids is 2. The number of carbonyl (C=O) groups is 2. The van der Waals surface area contributed by atoms with E-state index in [1.54, 1.807) is 36.4 Å². The van der Waals surface area contributed by atoms with Crippen LogP contribution in [-0.4, -0.2) is 45.9 Å². The Bertz CT molecular complexity index is 1070. The van der Waals surface area contributed by atoms with E-state index in [4.69, 9.17) is 17.0 Å². The quantitative estimate of drug-likeness (QED) is 0.449. The summed E-state index contributed by atoms with van der Waals surface area (Å²) in [6.45, 7) is 3.03. The van der Waals surface area contributed by atoms with E-state index < -0.39 is 0 Å². The summed E-state index contributed by atoms with van der Waals surface area (Å²) in [5, 5.41) is 14.6. The summed E-state index contributed by atoms with van der Waals surface area (Å²) < 4.78 is 0. The van der Waals surface area contributed by atoms with Crippen LogP contribution in [0.3, 0.4) is 0 Å². The second-order valence-corrected chi connectivity index (χ2v) is 9.33. The second kappa shape index (κ2) is 9.75. The van der Waals surface area contributed by atoms with Gasteiger partial charge in [0.2, 0.25) is 0 Å². The van der Waals surface area contributed by atoms with Crippen LogP contribution in [0.25, 0.3) is 0 Å². The minimum absolute atomic E-state index is 0.273. The van der Waals surface area contributed by atoms with Crippen molar-refractivity contribution in [3.8, 4) is 0 Å². The van der Waals surface area contributed by atoms with Crippen molar-refractivity contribution in [1.29, 1.82) is 5.41 Å². The van der Waals surface area contributed by atoms with Gasteiger partial charge in [0.15, 0.2) is 0 Å². The molecule has 1 unspecified atom stereocenters. The Balaban J connectivity index is 1.42. The Morgan fingerprint density at radius 2 is 1.88 bits per heavy atom. The van der Waals surface area contributed by atoms with Gasteiger partial charge in [0.1, 0.15) is 11.7 Å². The second-order valence-electron chi connectivity index (χ2n) is 7.79. The third kappa shape index (κ3) is 4.97. The first-order chi connectivity index (χ1) is 15.4. The normalized spacial score (nSPS) is 18.1. The molecule has 2 aliphatic heterocycles. The average molecular weight is 470 g/mol. The van der Waals surface area contributed by atoms with Crippen molar-refractivity contribution in [1.82, 2.24) is 15.2 Å². The molecule has 0 saturated carbocycles. The zero-order valence-electron chi connectivity index (χ0n) is 17.7. The van der Waals surface area contributed by atoms with Crippen molar-refractivity contribution < 1.29 is 9.59 Å². The molecule has 2 aliphatic rings. The van der Waals surface area contributed by atoms with Crippen LogP contribution in [0, 0.1) is 5.41 Å². The number of amides is 2. The van der Waals surface area contributed by atoms with E-state index in [0.717, 1.165) is 30.7 Å². The molecule has 0 spiro atoms. The molecule has 1 aromatic carbocycles. The number of benzene rings is 1. The standard InChI is InChI=1S/C23H24ClN5O2S/c1-14-3-2-11-29(14)21(25)15-4-6-16(7-5-15)22(30)27-18-10-12-32-20(18)23(31)28-19-9-8-17(24)13-26-19/h4-9,13-14,25H,2-3,10-12H2,1H3,(H,27,30)(H,26,28,31). The average Bonchev–Trinajstić information content (AvgIpc) is 3.44. The number of halogens is 1. The van der Waals surface area contributed by atoms with Crippen LogP contribution in [0.5, 0.6) is 0 Å². The van der Waals surface area contributed by atoms with Crippen molar-refractivity contribution in [2.45, 2.75) is 32.2 Å². The monoisotopic (exact) mass is 469 g/mol. The molecule has 2 aromatic rings. The Kier molecular flexibility index (Phi) is 6.81. The predicted molar refractivity (Wildman–Crippen MR) is 128 cm³/mol. The first-order valence-corrected chi connectivity index (χ1v) is 11.8. The summed E-state index contributed by atoms with van der Waals surface area (Å²) in [5.74, 6) is 1.03. The highest BCUT2D eigenvalue weighted by atomic mass is 35.5. The minimum atomic E-state index is -0.304. The molecule has 2 amide bonds.